The van der Waals surface area contributed by atoms with Crippen LogP contribution in [0.1, 0.15) is 31.7 Å². The standard InChI is InChI=1S/C15H21Cl2NO/c1-2-8-19-13-4-3-7-18(11-13)15-6-5-12(10-16)9-14(15)17/h5-6,9,13H,2-4,7-8,10-11H2,1H3. The fraction of sp³-hybridized carbons (Fsp3) is 0.600. The predicted molar refractivity (Wildman–Crippen MR) is 82.5 cm³/mol. The maximum absolute atomic E-state index is 6.35. The highest BCUT2D eigenvalue weighted by molar-refractivity contribution is 6.33. The maximum Gasteiger partial charge on any atom is 0.0750 e. The molecular weight excluding hydrogens is 281 g/mol. The van der Waals surface area contributed by atoms with Crippen LogP contribution in [-0.4, -0.2) is 25.8 Å². The number of rotatable bonds is 5. The van der Waals surface area contributed by atoms with Gasteiger partial charge in [0.15, 0.2) is 0 Å². The van der Waals surface area contributed by atoms with Gasteiger partial charge in [-0.15, -0.1) is 11.6 Å². The summed E-state index contributed by atoms with van der Waals surface area (Å²) in [4.78, 5) is 2.32. The molecule has 19 heavy (non-hydrogen) atoms. The van der Waals surface area contributed by atoms with Crippen LogP contribution in [0.3, 0.4) is 0 Å². The third-order valence-electron chi connectivity index (χ3n) is 3.44. The van der Waals surface area contributed by atoms with Crippen LogP contribution < -0.4 is 4.90 Å². The predicted octanol–water partition coefficient (Wildman–Crippen LogP) is 4.47. The maximum atomic E-state index is 6.35. The van der Waals surface area contributed by atoms with E-state index < -0.39 is 0 Å². The van der Waals surface area contributed by atoms with Crippen molar-refractivity contribution in [2.75, 3.05) is 24.6 Å². The van der Waals surface area contributed by atoms with E-state index in [-0.39, 0.29) is 0 Å². The second-order valence-corrected chi connectivity index (χ2v) is 5.67. The number of nitrogens with zero attached hydrogens (tertiary/aromatic N) is 1. The van der Waals surface area contributed by atoms with Gasteiger partial charge in [0.1, 0.15) is 0 Å². The van der Waals surface area contributed by atoms with Crippen LogP contribution in [-0.2, 0) is 10.6 Å². The smallest absolute Gasteiger partial charge is 0.0750 e. The normalized spacial score (nSPS) is 19.7. The van der Waals surface area contributed by atoms with Crippen molar-refractivity contribution in [2.24, 2.45) is 0 Å². The molecule has 0 amide bonds. The Hall–Kier alpha value is -0.440. The number of piperidine rings is 1. The zero-order valence-electron chi connectivity index (χ0n) is 11.4. The van der Waals surface area contributed by atoms with Gasteiger partial charge in [-0.25, -0.2) is 0 Å². The molecule has 1 aromatic carbocycles. The number of ether oxygens (including phenoxy) is 1. The molecule has 1 fully saturated rings. The summed E-state index contributed by atoms with van der Waals surface area (Å²) in [5.41, 5.74) is 2.16. The zero-order valence-corrected chi connectivity index (χ0v) is 12.9. The number of halogens is 2. The SMILES string of the molecule is CCCOC1CCCN(c2ccc(CCl)cc2Cl)C1. The first-order chi connectivity index (χ1) is 9.24. The molecule has 4 heteroatoms. The van der Waals surface area contributed by atoms with Crippen molar-refractivity contribution in [3.8, 4) is 0 Å². The average molecular weight is 302 g/mol. The van der Waals surface area contributed by atoms with Crippen LogP contribution in [0.25, 0.3) is 0 Å². The van der Waals surface area contributed by atoms with E-state index in [1.54, 1.807) is 0 Å². The monoisotopic (exact) mass is 301 g/mol. The lowest BCUT2D eigenvalue weighted by Crippen LogP contribution is -2.40. The minimum atomic E-state index is 0.331. The van der Waals surface area contributed by atoms with Crippen molar-refractivity contribution in [3.05, 3.63) is 28.8 Å². The molecule has 1 aliphatic rings. The molecule has 0 aliphatic carbocycles. The highest BCUT2D eigenvalue weighted by atomic mass is 35.5. The zero-order chi connectivity index (χ0) is 13.7. The molecule has 106 valence electrons. The molecule has 2 nitrogen and oxygen atoms in total. The molecule has 0 spiro atoms. The van der Waals surface area contributed by atoms with Crippen LogP contribution in [0, 0.1) is 0 Å². The van der Waals surface area contributed by atoms with Crippen molar-refractivity contribution in [1.29, 1.82) is 0 Å². The van der Waals surface area contributed by atoms with Crippen molar-refractivity contribution in [3.63, 3.8) is 0 Å². The number of hydrogen-bond acceptors (Lipinski definition) is 2. The lowest BCUT2D eigenvalue weighted by atomic mass is 10.1. The Kier molecular flexibility index (Phi) is 5.80. The van der Waals surface area contributed by atoms with E-state index in [9.17, 15) is 0 Å². The Morgan fingerprint density at radius 1 is 1.42 bits per heavy atom. The summed E-state index contributed by atoms with van der Waals surface area (Å²) >= 11 is 12.2. The second-order valence-electron chi connectivity index (χ2n) is 5.00. The quantitative estimate of drug-likeness (QED) is 0.744. The van der Waals surface area contributed by atoms with Crippen LogP contribution in [0.2, 0.25) is 5.02 Å². The van der Waals surface area contributed by atoms with E-state index >= 15 is 0 Å². The minimum absolute atomic E-state index is 0.331. The fourth-order valence-corrected chi connectivity index (χ4v) is 2.96. The van der Waals surface area contributed by atoms with E-state index in [0.717, 1.165) is 55.2 Å². The Bertz CT molecular complexity index is 411. The van der Waals surface area contributed by atoms with Gasteiger partial charge in [-0.3, -0.25) is 0 Å². The summed E-state index contributed by atoms with van der Waals surface area (Å²) in [7, 11) is 0. The largest absolute Gasteiger partial charge is 0.376 e. The Morgan fingerprint density at radius 3 is 2.95 bits per heavy atom. The van der Waals surface area contributed by atoms with Gasteiger partial charge in [-0.1, -0.05) is 24.6 Å². The first-order valence-corrected chi connectivity index (χ1v) is 7.86. The van der Waals surface area contributed by atoms with E-state index in [1.807, 2.05) is 12.1 Å². The molecule has 1 aromatic rings. The Morgan fingerprint density at radius 2 is 2.26 bits per heavy atom. The summed E-state index contributed by atoms with van der Waals surface area (Å²) in [6.45, 7) is 4.96. The van der Waals surface area contributed by atoms with Crippen LogP contribution in [0.5, 0.6) is 0 Å². The van der Waals surface area contributed by atoms with Crippen molar-refractivity contribution in [1.82, 2.24) is 0 Å². The number of anilines is 1. The highest BCUT2D eigenvalue weighted by Crippen LogP contribution is 2.30. The van der Waals surface area contributed by atoms with Gasteiger partial charge in [-0.05, 0) is 37.0 Å². The van der Waals surface area contributed by atoms with Crippen molar-refractivity contribution in [2.45, 2.75) is 38.2 Å². The molecule has 1 saturated heterocycles. The van der Waals surface area contributed by atoms with Gasteiger partial charge in [0.05, 0.1) is 16.8 Å². The van der Waals surface area contributed by atoms with Crippen LogP contribution in [0.15, 0.2) is 18.2 Å². The van der Waals surface area contributed by atoms with Gasteiger partial charge in [-0.2, -0.15) is 0 Å². The molecule has 1 unspecified atom stereocenters. The van der Waals surface area contributed by atoms with E-state index in [0.29, 0.717) is 12.0 Å². The highest BCUT2D eigenvalue weighted by Gasteiger charge is 2.21. The van der Waals surface area contributed by atoms with E-state index in [4.69, 9.17) is 27.9 Å². The summed E-state index contributed by atoms with van der Waals surface area (Å²) in [6.07, 6.45) is 3.70. The van der Waals surface area contributed by atoms with E-state index in [2.05, 4.69) is 17.9 Å². The lowest BCUT2D eigenvalue weighted by molar-refractivity contribution is 0.0440. The molecule has 0 N–H and O–H groups in total. The molecule has 1 heterocycles. The summed E-state index contributed by atoms with van der Waals surface area (Å²) in [5, 5.41) is 0.786. The van der Waals surface area contributed by atoms with E-state index in [1.165, 1.54) is 0 Å². The third-order valence-corrected chi connectivity index (χ3v) is 4.05. The topological polar surface area (TPSA) is 12.5 Å². The first kappa shape index (κ1) is 15.0. The number of alkyl halides is 1. The molecule has 0 aromatic heterocycles. The molecule has 2 rings (SSSR count). The number of benzene rings is 1. The minimum Gasteiger partial charge on any atom is -0.376 e. The Labute approximate surface area is 125 Å². The first-order valence-electron chi connectivity index (χ1n) is 6.95. The Balaban J connectivity index is 2.04. The average Bonchev–Trinajstić information content (AvgIpc) is 2.45. The molecule has 0 saturated carbocycles. The molecule has 0 bridgehead atoms. The van der Waals surface area contributed by atoms with Gasteiger partial charge < -0.3 is 9.64 Å². The van der Waals surface area contributed by atoms with Crippen LogP contribution >= 0.6 is 23.2 Å². The fourth-order valence-electron chi connectivity index (χ4n) is 2.47. The lowest BCUT2D eigenvalue weighted by Gasteiger charge is -2.34. The van der Waals surface area contributed by atoms with Gasteiger partial charge in [0, 0.05) is 25.6 Å². The third kappa shape index (κ3) is 4.01. The van der Waals surface area contributed by atoms with Gasteiger partial charge in [0.25, 0.3) is 0 Å². The summed E-state index contributed by atoms with van der Waals surface area (Å²) in [5.74, 6) is 0.502. The second kappa shape index (κ2) is 7.37. The summed E-state index contributed by atoms with van der Waals surface area (Å²) < 4.78 is 5.86. The van der Waals surface area contributed by atoms with Crippen LogP contribution in [0.4, 0.5) is 5.69 Å². The summed E-state index contributed by atoms with van der Waals surface area (Å²) in [6, 6.07) is 6.08. The molecule has 1 atom stereocenters. The molecule has 1 aliphatic heterocycles. The molecule has 0 radical (unpaired) electrons. The van der Waals surface area contributed by atoms with Gasteiger partial charge in [0.2, 0.25) is 0 Å². The van der Waals surface area contributed by atoms with Gasteiger partial charge >= 0.3 is 0 Å². The van der Waals surface area contributed by atoms with Crippen molar-refractivity contribution >= 4 is 28.9 Å². The number of hydrogen-bond donors (Lipinski definition) is 0. The molecular formula is C15H21Cl2NO. The van der Waals surface area contributed by atoms with Crippen molar-refractivity contribution < 1.29 is 4.74 Å².